The summed E-state index contributed by atoms with van der Waals surface area (Å²) in [7, 11) is 0. The number of hydrogen-bond acceptors (Lipinski definition) is 2. The minimum absolute atomic E-state index is 0.0185. The minimum atomic E-state index is -0.192. The van der Waals surface area contributed by atoms with Crippen LogP contribution in [-0.4, -0.2) is 22.4 Å². The average molecular weight is 240 g/mol. The van der Waals surface area contributed by atoms with Crippen molar-refractivity contribution in [3.8, 4) is 0 Å². The van der Waals surface area contributed by atoms with E-state index in [-0.39, 0.29) is 23.0 Å². The van der Waals surface area contributed by atoms with Crippen molar-refractivity contribution in [1.29, 1.82) is 0 Å². The summed E-state index contributed by atoms with van der Waals surface area (Å²) in [6.45, 7) is 9.00. The van der Waals surface area contributed by atoms with Crippen LogP contribution in [0.25, 0.3) is 0 Å². The lowest BCUT2D eigenvalue weighted by Gasteiger charge is -2.42. The van der Waals surface area contributed by atoms with E-state index in [0.29, 0.717) is 11.8 Å². The Morgan fingerprint density at radius 1 is 1.00 bits per heavy atom. The third kappa shape index (κ3) is 2.15. The predicted molar refractivity (Wildman–Crippen MR) is 69.6 cm³/mol. The van der Waals surface area contributed by atoms with Crippen LogP contribution in [0.3, 0.4) is 0 Å². The summed E-state index contributed by atoms with van der Waals surface area (Å²) in [5.41, 5.74) is 0.265. The Morgan fingerprint density at radius 2 is 1.65 bits per heavy atom. The molecule has 100 valence electrons. The summed E-state index contributed by atoms with van der Waals surface area (Å²) in [4.78, 5) is 0. The molecule has 0 aromatic carbocycles. The van der Waals surface area contributed by atoms with Gasteiger partial charge in [-0.1, -0.05) is 27.7 Å². The summed E-state index contributed by atoms with van der Waals surface area (Å²) in [5.74, 6) is 1.01. The fraction of sp³-hybridized carbons (Fsp3) is 1.00. The molecule has 2 saturated carbocycles. The first-order chi connectivity index (χ1) is 7.77. The SMILES string of the molecule is CC1CC[C@H]2C(C)(C)C[C@H](O)[C@]2(C)CC[C@H]1O. The average Bonchev–Trinajstić information content (AvgIpc) is 2.38. The second kappa shape index (κ2) is 4.24. The number of hydrogen-bond donors (Lipinski definition) is 2. The van der Waals surface area contributed by atoms with Crippen LogP contribution in [0.4, 0.5) is 0 Å². The molecule has 0 bridgehead atoms. The van der Waals surface area contributed by atoms with Crippen molar-refractivity contribution in [3.63, 3.8) is 0 Å². The Balaban J connectivity index is 2.24. The zero-order chi connectivity index (χ0) is 12.8. The Bertz CT molecular complexity index is 287. The molecule has 5 atom stereocenters. The second-order valence-electron chi connectivity index (χ2n) is 7.43. The van der Waals surface area contributed by atoms with Gasteiger partial charge >= 0.3 is 0 Å². The molecule has 0 saturated heterocycles. The summed E-state index contributed by atoms with van der Waals surface area (Å²) < 4.78 is 0. The van der Waals surface area contributed by atoms with Crippen LogP contribution in [0.2, 0.25) is 0 Å². The van der Waals surface area contributed by atoms with E-state index >= 15 is 0 Å². The molecule has 2 fully saturated rings. The van der Waals surface area contributed by atoms with Crippen LogP contribution in [-0.2, 0) is 0 Å². The van der Waals surface area contributed by atoms with Crippen LogP contribution in [0.15, 0.2) is 0 Å². The predicted octanol–water partition coefficient (Wildman–Crippen LogP) is 2.97. The maximum atomic E-state index is 10.4. The number of fused-ring (bicyclic) bond motifs is 1. The van der Waals surface area contributed by atoms with Crippen molar-refractivity contribution in [2.24, 2.45) is 22.7 Å². The van der Waals surface area contributed by atoms with E-state index in [1.54, 1.807) is 0 Å². The van der Waals surface area contributed by atoms with Gasteiger partial charge in [0.05, 0.1) is 12.2 Å². The van der Waals surface area contributed by atoms with Crippen molar-refractivity contribution in [2.45, 2.75) is 72.0 Å². The van der Waals surface area contributed by atoms with Gasteiger partial charge in [-0.05, 0) is 54.8 Å². The third-order valence-corrected chi connectivity index (χ3v) is 5.77. The lowest BCUT2D eigenvalue weighted by molar-refractivity contribution is -0.0146. The molecule has 1 unspecified atom stereocenters. The molecule has 2 N–H and O–H groups in total. The molecular formula is C15H28O2. The first kappa shape index (κ1) is 13.4. The third-order valence-electron chi connectivity index (χ3n) is 5.77. The van der Waals surface area contributed by atoms with Gasteiger partial charge in [-0.3, -0.25) is 0 Å². The van der Waals surface area contributed by atoms with Crippen LogP contribution in [0.1, 0.15) is 59.8 Å². The molecule has 0 amide bonds. The van der Waals surface area contributed by atoms with Gasteiger partial charge in [-0.2, -0.15) is 0 Å². The molecule has 0 heterocycles. The topological polar surface area (TPSA) is 40.5 Å². The van der Waals surface area contributed by atoms with Gasteiger partial charge in [0.1, 0.15) is 0 Å². The first-order valence-electron chi connectivity index (χ1n) is 7.13. The van der Waals surface area contributed by atoms with Gasteiger partial charge in [-0.25, -0.2) is 0 Å². The van der Waals surface area contributed by atoms with E-state index in [4.69, 9.17) is 0 Å². The lowest BCUT2D eigenvalue weighted by atomic mass is 9.64. The Kier molecular flexibility index (Phi) is 3.33. The molecular weight excluding hydrogens is 212 g/mol. The summed E-state index contributed by atoms with van der Waals surface area (Å²) in [6.07, 6.45) is 4.61. The zero-order valence-electron chi connectivity index (χ0n) is 11.7. The molecule has 0 radical (unpaired) electrons. The molecule has 2 nitrogen and oxygen atoms in total. The van der Waals surface area contributed by atoms with E-state index in [1.807, 2.05) is 0 Å². The smallest absolute Gasteiger partial charge is 0.0601 e. The van der Waals surface area contributed by atoms with Crippen LogP contribution >= 0.6 is 0 Å². The maximum absolute atomic E-state index is 10.4. The van der Waals surface area contributed by atoms with E-state index in [9.17, 15) is 10.2 Å². The highest BCUT2D eigenvalue weighted by molar-refractivity contribution is 5.04. The van der Waals surface area contributed by atoms with Crippen LogP contribution in [0.5, 0.6) is 0 Å². The normalized spacial score (nSPS) is 50.5. The molecule has 2 aliphatic carbocycles. The largest absolute Gasteiger partial charge is 0.393 e. The molecule has 0 aliphatic heterocycles. The van der Waals surface area contributed by atoms with Crippen molar-refractivity contribution in [1.82, 2.24) is 0 Å². The first-order valence-corrected chi connectivity index (χ1v) is 7.13. The van der Waals surface area contributed by atoms with E-state index < -0.39 is 0 Å². The summed E-state index contributed by atoms with van der Waals surface area (Å²) in [5, 5.41) is 20.5. The van der Waals surface area contributed by atoms with Gasteiger partial charge in [0.15, 0.2) is 0 Å². The highest BCUT2D eigenvalue weighted by Crippen LogP contribution is 2.59. The molecule has 2 rings (SSSR count). The molecule has 0 aromatic rings. The number of aliphatic hydroxyl groups is 2. The van der Waals surface area contributed by atoms with Crippen molar-refractivity contribution >= 4 is 0 Å². The summed E-state index contributed by atoms with van der Waals surface area (Å²) in [6, 6.07) is 0. The van der Waals surface area contributed by atoms with E-state index in [2.05, 4.69) is 27.7 Å². The highest BCUT2D eigenvalue weighted by atomic mass is 16.3. The monoisotopic (exact) mass is 240 g/mol. The van der Waals surface area contributed by atoms with Crippen molar-refractivity contribution in [3.05, 3.63) is 0 Å². The molecule has 0 spiro atoms. The van der Waals surface area contributed by atoms with Crippen LogP contribution in [0, 0.1) is 22.7 Å². The highest BCUT2D eigenvalue weighted by Gasteiger charge is 2.55. The van der Waals surface area contributed by atoms with Gasteiger partial charge in [0.2, 0.25) is 0 Å². The zero-order valence-corrected chi connectivity index (χ0v) is 11.7. The molecule has 2 aliphatic rings. The number of rotatable bonds is 0. The van der Waals surface area contributed by atoms with Crippen LogP contribution < -0.4 is 0 Å². The van der Waals surface area contributed by atoms with E-state index in [1.165, 1.54) is 0 Å². The molecule has 17 heavy (non-hydrogen) atoms. The second-order valence-corrected chi connectivity index (χ2v) is 7.43. The molecule has 0 aromatic heterocycles. The van der Waals surface area contributed by atoms with Crippen molar-refractivity contribution < 1.29 is 10.2 Å². The standard InChI is InChI=1S/C15H28O2/c1-10-5-6-12-14(2,3)9-13(17)15(12,4)8-7-11(10)16/h10-13,16-17H,5-9H2,1-4H3/t10?,11-,12+,13+,15-/m1/s1. The van der Waals surface area contributed by atoms with E-state index in [0.717, 1.165) is 32.1 Å². The van der Waals surface area contributed by atoms with Gasteiger partial charge in [0, 0.05) is 0 Å². The van der Waals surface area contributed by atoms with Gasteiger partial charge in [0.25, 0.3) is 0 Å². The summed E-state index contributed by atoms with van der Waals surface area (Å²) >= 11 is 0. The Labute approximate surface area is 105 Å². The lowest BCUT2D eigenvalue weighted by Crippen LogP contribution is -2.38. The molecule has 2 heteroatoms. The Morgan fingerprint density at radius 3 is 2.29 bits per heavy atom. The fourth-order valence-electron chi connectivity index (χ4n) is 4.43. The van der Waals surface area contributed by atoms with Gasteiger partial charge in [-0.15, -0.1) is 0 Å². The maximum Gasteiger partial charge on any atom is 0.0601 e. The Hall–Kier alpha value is -0.0800. The number of aliphatic hydroxyl groups excluding tert-OH is 2. The van der Waals surface area contributed by atoms with Crippen molar-refractivity contribution in [2.75, 3.05) is 0 Å². The van der Waals surface area contributed by atoms with Gasteiger partial charge < -0.3 is 10.2 Å². The minimum Gasteiger partial charge on any atom is -0.393 e. The fourth-order valence-corrected chi connectivity index (χ4v) is 4.43. The quantitative estimate of drug-likeness (QED) is 0.683.